The summed E-state index contributed by atoms with van der Waals surface area (Å²) in [5, 5.41) is 17.4. The molecule has 0 fully saturated rings. The molecule has 0 N–H and O–H groups in total. The van der Waals surface area contributed by atoms with Crippen molar-refractivity contribution in [1.29, 1.82) is 0 Å². The highest BCUT2D eigenvalue weighted by Gasteiger charge is 2.23. The average molecular weight is 480 g/mol. The van der Waals surface area contributed by atoms with Gasteiger partial charge in [-0.2, -0.15) is 5.10 Å². The van der Waals surface area contributed by atoms with Crippen LogP contribution in [0.5, 0.6) is 5.75 Å². The van der Waals surface area contributed by atoms with Gasteiger partial charge in [-0.1, -0.05) is 29.3 Å². The number of methoxy groups -OCH3 is 1. The van der Waals surface area contributed by atoms with Crippen LogP contribution >= 0.6 is 23.2 Å². The van der Waals surface area contributed by atoms with E-state index >= 15 is 0 Å². The Kier molecular flexibility index (Phi) is 5.53. The van der Waals surface area contributed by atoms with Crippen LogP contribution in [0.2, 0.25) is 10.0 Å². The quantitative estimate of drug-likeness (QED) is 0.313. The smallest absolute Gasteiger partial charge is 0.289 e. The van der Waals surface area contributed by atoms with Crippen LogP contribution in [0.4, 0.5) is 0 Å². The number of benzene rings is 2. The fourth-order valence-electron chi connectivity index (χ4n) is 3.50. The lowest BCUT2D eigenvalue weighted by Crippen LogP contribution is -2.02. The molecule has 0 bridgehead atoms. The van der Waals surface area contributed by atoms with E-state index in [1.807, 2.05) is 22.8 Å². The number of hydrogen-bond acceptors (Lipinski definition) is 7. The highest BCUT2D eigenvalue weighted by molar-refractivity contribution is 6.35. The summed E-state index contributed by atoms with van der Waals surface area (Å²) in [5.41, 5.74) is 2.45. The molecule has 0 atom stereocenters. The monoisotopic (exact) mass is 479 g/mol. The number of halogens is 2. The second kappa shape index (κ2) is 8.65. The fraction of sp³-hybridized carbons (Fsp3) is 0.0870. The third-order valence-corrected chi connectivity index (χ3v) is 5.69. The Morgan fingerprint density at radius 3 is 2.73 bits per heavy atom. The van der Waals surface area contributed by atoms with E-state index in [9.17, 15) is 4.79 Å². The van der Waals surface area contributed by atoms with Crippen LogP contribution in [0, 0.1) is 0 Å². The van der Waals surface area contributed by atoms with E-state index in [0.29, 0.717) is 39.0 Å². The third kappa shape index (κ3) is 4.06. The largest absolute Gasteiger partial charge is 0.497 e. The number of hydrogen-bond donors (Lipinski definition) is 0. The first-order valence-corrected chi connectivity index (χ1v) is 10.6. The number of ketones is 1. The summed E-state index contributed by atoms with van der Waals surface area (Å²) in [6.07, 6.45) is 3.27. The number of rotatable bonds is 6. The van der Waals surface area contributed by atoms with Gasteiger partial charge in [-0.05, 0) is 48.0 Å². The van der Waals surface area contributed by atoms with E-state index in [1.165, 1.54) is 6.20 Å². The highest BCUT2D eigenvalue weighted by Crippen LogP contribution is 2.30. The second-order valence-corrected chi connectivity index (χ2v) is 7.98. The lowest BCUT2D eigenvalue weighted by Gasteiger charge is -2.08. The maximum Gasteiger partial charge on any atom is 0.289 e. The molecule has 0 saturated carbocycles. The van der Waals surface area contributed by atoms with Gasteiger partial charge in [-0.25, -0.2) is 0 Å². The molecule has 0 aliphatic carbocycles. The van der Waals surface area contributed by atoms with Crippen LogP contribution in [0.15, 0.2) is 65.3 Å². The van der Waals surface area contributed by atoms with Crippen molar-refractivity contribution in [2.24, 2.45) is 0 Å². The molecule has 0 aliphatic heterocycles. The molecule has 8 nitrogen and oxygen atoms in total. The molecule has 0 unspecified atom stereocenters. The Balaban J connectivity index is 1.57. The van der Waals surface area contributed by atoms with Crippen molar-refractivity contribution in [2.45, 2.75) is 6.54 Å². The number of carbonyl (C=O) groups is 1. The van der Waals surface area contributed by atoms with E-state index in [4.69, 9.17) is 32.4 Å². The van der Waals surface area contributed by atoms with Gasteiger partial charge in [-0.15, -0.1) is 15.3 Å². The van der Waals surface area contributed by atoms with Gasteiger partial charge in [0.15, 0.2) is 0 Å². The fourth-order valence-corrected chi connectivity index (χ4v) is 3.97. The van der Waals surface area contributed by atoms with Crippen molar-refractivity contribution in [1.82, 2.24) is 25.0 Å². The molecule has 2 aromatic carbocycles. The summed E-state index contributed by atoms with van der Waals surface area (Å²) < 4.78 is 12.9. The van der Waals surface area contributed by atoms with Crippen LogP contribution in [0.3, 0.4) is 0 Å². The predicted octanol–water partition coefficient (Wildman–Crippen LogP) is 5.08. The highest BCUT2D eigenvalue weighted by atomic mass is 35.5. The zero-order valence-corrected chi connectivity index (χ0v) is 18.7. The van der Waals surface area contributed by atoms with E-state index in [2.05, 4.69) is 20.4 Å². The van der Waals surface area contributed by atoms with Gasteiger partial charge < -0.3 is 13.7 Å². The van der Waals surface area contributed by atoms with Gasteiger partial charge in [0.25, 0.3) is 17.6 Å². The Labute approximate surface area is 197 Å². The minimum Gasteiger partial charge on any atom is -0.497 e. The van der Waals surface area contributed by atoms with Crippen molar-refractivity contribution in [3.8, 4) is 17.3 Å². The van der Waals surface area contributed by atoms with Crippen molar-refractivity contribution in [3.63, 3.8) is 0 Å². The Morgan fingerprint density at radius 1 is 1.09 bits per heavy atom. The molecule has 5 aromatic rings. The molecule has 33 heavy (non-hydrogen) atoms. The summed E-state index contributed by atoms with van der Waals surface area (Å²) >= 11 is 12.4. The van der Waals surface area contributed by atoms with Gasteiger partial charge >= 0.3 is 0 Å². The number of carbonyl (C=O) groups excluding carboxylic acids is 1. The summed E-state index contributed by atoms with van der Waals surface area (Å²) in [4.78, 5) is 13.4. The molecular weight excluding hydrogens is 465 g/mol. The molecule has 5 rings (SSSR count). The minimum atomic E-state index is -0.420. The Bertz CT molecular complexity index is 1480. The molecule has 0 radical (unpaired) electrons. The number of aromatic nitrogens is 5. The molecule has 0 spiro atoms. The van der Waals surface area contributed by atoms with Gasteiger partial charge in [0, 0.05) is 39.9 Å². The first-order chi connectivity index (χ1) is 16.0. The minimum absolute atomic E-state index is 0.112. The number of ether oxygens (including phenoxy) is 1. The zero-order chi connectivity index (χ0) is 22.9. The van der Waals surface area contributed by atoms with Crippen LogP contribution in [0.25, 0.3) is 22.5 Å². The topological polar surface area (TPSA) is 95.9 Å². The van der Waals surface area contributed by atoms with Crippen LogP contribution in [-0.4, -0.2) is 37.9 Å². The maximum atomic E-state index is 13.4. The predicted molar refractivity (Wildman–Crippen MR) is 123 cm³/mol. The van der Waals surface area contributed by atoms with Crippen molar-refractivity contribution in [3.05, 3.63) is 88.0 Å². The Hall–Kier alpha value is -3.75. The molecule has 0 aliphatic rings. The number of nitrogens with zero attached hydrogens (tertiary/aromatic N) is 5. The third-order valence-electron chi connectivity index (χ3n) is 5.10. The van der Waals surface area contributed by atoms with E-state index < -0.39 is 5.78 Å². The molecular formula is C23H15Cl2N5O3. The van der Waals surface area contributed by atoms with Crippen molar-refractivity contribution in [2.75, 3.05) is 7.11 Å². The van der Waals surface area contributed by atoms with Crippen LogP contribution in [0.1, 0.15) is 21.8 Å². The van der Waals surface area contributed by atoms with Crippen molar-refractivity contribution >= 4 is 39.9 Å². The standard InChI is InChI=1S/C23H15Cl2N5O3/c1-32-15-6-7-20-16(10-15)17(12-30(20)11-13-4-5-14(24)9-18(13)25)21(31)23-29-28-22(33-23)19-3-2-8-26-27-19/h2-10,12H,11H2,1H3. The molecule has 10 heteroatoms. The molecule has 0 saturated heterocycles. The van der Waals surface area contributed by atoms with Crippen molar-refractivity contribution < 1.29 is 13.9 Å². The summed E-state index contributed by atoms with van der Waals surface area (Å²) in [6.45, 7) is 0.431. The number of fused-ring (bicyclic) bond motifs is 1. The average Bonchev–Trinajstić information content (AvgIpc) is 3.46. The van der Waals surface area contributed by atoms with Gasteiger partial charge in [0.05, 0.1) is 12.7 Å². The first kappa shape index (κ1) is 21.1. The lowest BCUT2D eigenvalue weighted by atomic mass is 10.1. The van der Waals surface area contributed by atoms with Gasteiger partial charge in [-0.3, -0.25) is 4.79 Å². The van der Waals surface area contributed by atoms with E-state index in [1.54, 1.807) is 43.6 Å². The lowest BCUT2D eigenvalue weighted by molar-refractivity contribution is 0.100. The summed E-state index contributed by atoms with van der Waals surface area (Å²) in [7, 11) is 1.57. The molecule has 3 heterocycles. The second-order valence-electron chi connectivity index (χ2n) is 7.14. The molecule has 3 aromatic heterocycles. The first-order valence-electron chi connectivity index (χ1n) is 9.80. The zero-order valence-electron chi connectivity index (χ0n) is 17.2. The van der Waals surface area contributed by atoms with E-state index in [0.717, 1.165) is 11.1 Å². The normalized spacial score (nSPS) is 11.1. The van der Waals surface area contributed by atoms with Crippen LogP contribution < -0.4 is 4.74 Å². The van der Waals surface area contributed by atoms with Gasteiger partial charge in [0.1, 0.15) is 11.4 Å². The maximum absolute atomic E-state index is 13.4. The SMILES string of the molecule is COc1ccc2c(c1)c(C(=O)c1nnc(-c3cccnn3)o1)cn2Cc1ccc(Cl)cc1Cl. The van der Waals surface area contributed by atoms with Crippen LogP contribution in [-0.2, 0) is 6.54 Å². The molecule has 0 amide bonds. The van der Waals surface area contributed by atoms with Gasteiger partial charge in [0.2, 0.25) is 0 Å². The Morgan fingerprint density at radius 2 is 1.97 bits per heavy atom. The summed E-state index contributed by atoms with van der Waals surface area (Å²) in [5.74, 6) is 0.157. The summed E-state index contributed by atoms with van der Waals surface area (Å²) in [6, 6.07) is 14.2. The van der Waals surface area contributed by atoms with E-state index in [-0.39, 0.29) is 11.8 Å². The molecule has 164 valence electrons.